The minimum absolute atomic E-state index is 0.118. The Labute approximate surface area is 262 Å². The van der Waals surface area contributed by atoms with E-state index in [1.165, 1.54) is 54.8 Å². The van der Waals surface area contributed by atoms with Gasteiger partial charge in [0.2, 0.25) is 0 Å². The quantitative estimate of drug-likeness (QED) is 0.137. The molecule has 0 bridgehead atoms. The second kappa shape index (κ2) is 11.4. The molecule has 1 unspecified atom stereocenters. The zero-order valence-electron chi connectivity index (χ0n) is 24.8. The number of hydrogen-bond acceptors (Lipinski definition) is 4. The van der Waals surface area contributed by atoms with E-state index >= 15 is 0 Å². The first-order valence-corrected chi connectivity index (χ1v) is 15.4. The van der Waals surface area contributed by atoms with Crippen molar-refractivity contribution < 1.29 is 0 Å². The van der Waals surface area contributed by atoms with Gasteiger partial charge in [-0.1, -0.05) is 85.0 Å². The molecule has 5 nitrogen and oxygen atoms in total. The van der Waals surface area contributed by atoms with E-state index in [0.29, 0.717) is 0 Å². The second-order valence-electron chi connectivity index (χ2n) is 11.5. The molecule has 218 valence electrons. The maximum Gasteiger partial charge on any atom is 0.137 e. The van der Waals surface area contributed by atoms with E-state index in [0.717, 1.165) is 30.0 Å². The van der Waals surface area contributed by atoms with E-state index < -0.39 is 0 Å². The summed E-state index contributed by atoms with van der Waals surface area (Å²) in [6.07, 6.45) is 19.1. The Kier molecular flexibility index (Phi) is 6.76. The van der Waals surface area contributed by atoms with E-state index in [1.807, 2.05) is 24.5 Å². The van der Waals surface area contributed by atoms with E-state index in [9.17, 15) is 0 Å². The van der Waals surface area contributed by atoms with Crippen LogP contribution in [0.15, 0.2) is 140 Å². The van der Waals surface area contributed by atoms with Crippen LogP contribution in [-0.4, -0.2) is 15.6 Å². The fraction of sp³-hybridized carbons (Fsp3) is 0.0750. The average Bonchev–Trinajstić information content (AvgIpc) is 3.44. The van der Waals surface area contributed by atoms with Crippen LogP contribution < -0.4 is 16.4 Å². The number of pyridine rings is 1. The Balaban J connectivity index is 1.17. The maximum absolute atomic E-state index is 5.56. The van der Waals surface area contributed by atoms with Crippen LogP contribution >= 0.6 is 0 Å². The molecule has 4 N–H and O–H groups in total. The normalized spacial score (nSPS) is 16.2. The number of nitrogens with zero attached hydrogens (tertiary/aromatic N) is 2. The molecule has 0 radical (unpaired) electrons. The highest BCUT2D eigenvalue weighted by Gasteiger charge is 2.20. The van der Waals surface area contributed by atoms with Crippen molar-refractivity contribution in [1.29, 1.82) is 0 Å². The highest BCUT2D eigenvalue weighted by Crippen LogP contribution is 2.34. The summed E-state index contributed by atoms with van der Waals surface area (Å²) in [6, 6.07) is 32.8. The predicted molar refractivity (Wildman–Crippen MR) is 188 cm³/mol. The highest BCUT2D eigenvalue weighted by atomic mass is 15.1. The van der Waals surface area contributed by atoms with Gasteiger partial charge in [-0.2, -0.15) is 0 Å². The lowest BCUT2D eigenvalue weighted by Crippen LogP contribution is -2.28. The van der Waals surface area contributed by atoms with Crippen molar-refractivity contribution in [2.24, 2.45) is 5.73 Å². The lowest BCUT2D eigenvalue weighted by molar-refractivity contribution is 0.720. The smallest absolute Gasteiger partial charge is 0.137 e. The standard InChI is InChI=1S/C40H33N5/c41-20-7-1-2-9-32-23-31(28-15-17-34-29(22-28)14-13-27-8-3-4-10-33(27)34)24-37(44-32)30-16-18-40(43-25-30)45-38-12-6-5-11-35(38)36-26-42-21-19-39(36)45/h1-8,10-25,32,42,44H,9,26,41H2/b2-1-,20-7-. The largest absolute Gasteiger partial charge is 0.405 e. The van der Waals surface area contributed by atoms with Crippen LogP contribution in [0.25, 0.3) is 55.6 Å². The van der Waals surface area contributed by atoms with Gasteiger partial charge in [-0.3, -0.25) is 4.57 Å². The zero-order valence-corrected chi connectivity index (χ0v) is 24.8. The summed E-state index contributed by atoms with van der Waals surface area (Å²) in [5, 5.41) is 13.4. The first-order valence-electron chi connectivity index (χ1n) is 15.4. The van der Waals surface area contributed by atoms with Gasteiger partial charge in [-0.25, -0.2) is 4.98 Å². The molecule has 2 aliphatic heterocycles. The molecule has 45 heavy (non-hydrogen) atoms. The fourth-order valence-corrected chi connectivity index (χ4v) is 6.65. The van der Waals surface area contributed by atoms with E-state index in [2.05, 4.69) is 131 Å². The third kappa shape index (κ3) is 4.88. The molecule has 0 saturated heterocycles. The number of dihydropyridines is 1. The molecule has 4 heterocycles. The number of para-hydroxylation sites is 1. The topological polar surface area (TPSA) is 67.9 Å². The minimum atomic E-state index is 0.118. The summed E-state index contributed by atoms with van der Waals surface area (Å²) in [5.41, 5.74) is 13.7. The van der Waals surface area contributed by atoms with Crippen molar-refractivity contribution in [3.8, 4) is 5.82 Å². The molecule has 0 saturated carbocycles. The summed E-state index contributed by atoms with van der Waals surface area (Å²) in [5.74, 6) is 0.907. The number of nitrogens with one attached hydrogen (secondary N) is 2. The molecule has 2 aromatic heterocycles. The molecule has 6 aromatic rings. The number of benzene rings is 4. The van der Waals surface area contributed by atoms with Gasteiger partial charge in [0.25, 0.3) is 0 Å². The lowest BCUT2D eigenvalue weighted by atomic mass is 9.93. The lowest BCUT2D eigenvalue weighted by Gasteiger charge is -2.25. The van der Waals surface area contributed by atoms with Crippen LogP contribution in [0, 0.1) is 0 Å². The van der Waals surface area contributed by atoms with Gasteiger partial charge in [0.05, 0.1) is 11.2 Å². The molecule has 0 spiro atoms. The SMILES string of the molecule is N/C=C\C=C/CC1C=C(c2ccc3c(ccc4ccccc43)c2)C=C(c2ccc(-n3c4c(c5ccccc53)CNC=C4)nc2)N1. The molecule has 8 rings (SSSR count). The number of nitrogens with two attached hydrogens (primary N) is 1. The van der Waals surface area contributed by atoms with Crippen molar-refractivity contribution in [3.05, 3.63) is 162 Å². The number of rotatable bonds is 6. The highest BCUT2D eigenvalue weighted by molar-refractivity contribution is 6.08. The van der Waals surface area contributed by atoms with Crippen LogP contribution in [0.4, 0.5) is 0 Å². The molecular formula is C40H33N5. The molecule has 4 aromatic carbocycles. The van der Waals surface area contributed by atoms with Crippen LogP contribution in [0.3, 0.4) is 0 Å². The Morgan fingerprint density at radius 2 is 1.67 bits per heavy atom. The maximum atomic E-state index is 5.56. The number of fused-ring (bicyclic) bond motifs is 6. The summed E-state index contributed by atoms with van der Waals surface area (Å²) < 4.78 is 2.26. The molecule has 5 heteroatoms. The first-order chi connectivity index (χ1) is 22.3. The molecule has 0 aliphatic carbocycles. The number of allylic oxidation sites excluding steroid dienone is 4. The number of aromatic nitrogens is 2. The van der Waals surface area contributed by atoms with Crippen molar-refractivity contribution in [2.45, 2.75) is 19.0 Å². The average molecular weight is 584 g/mol. The van der Waals surface area contributed by atoms with Crippen molar-refractivity contribution >= 4 is 49.8 Å². The summed E-state index contributed by atoms with van der Waals surface area (Å²) in [7, 11) is 0. The van der Waals surface area contributed by atoms with Crippen molar-refractivity contribution in [3.63, 3.8) is 0 Å². The number of hydrogen-bond donors (Lipinski definition) is 3. The third-order valence-corrected chi connectivity index (χ3v) is 8.79. The third-order valence-electron chi connectivity index (χ3n) is 8.79. The second-order valence-corrected chi connectivity index (χ2v) is 11.5. The van der Waals surface area contributed by atoms with E-state index in [4.69, 9.17) is 10.7 Å². The van der Waals surface area contributed by atoms with Gasteiger partial charge in [0, 0.05) is 41.0 Å². The van der Waals surface area contributed by atoms with E-state index in [1.54, 1.807) is 6.20 Å². The molecule has 1 atom stereocenters. The van der Waals surface area contributed by atoms with Crippen LogP contribution in [0.5, 0.6) is 0 Å². The Bertz CT molecular complexity index is 2230. The van der Waals surface area contributed by atoms with Gasteiger partial charge in [0.1, 0.15) is 5.82 Å². The van der Waals surface area contributed by atoms with Crippen molar-refractivity contribution in [1.82, 2.24) is 20.2 Å². The minimum Gasteiger partial charge on any atom is -0.405 e. The van der Waals surface area contributed by atoms with Crippen LogP contribution in [0.1, 0.15) is 28.8 Å². The molecule has 0 fully saturated rings. The molecular weight excluding hydrogens is 550 g/mol. The van der Waals surface area contributed by atoms with Crippen LogP contribution in [0.2, 0.25) is 0 Å². The summed E-state index contributed by atoms with van der Waals surface area (Å²) in [6.45, 7) is 0.811. The zero-order chi connectivity index (χ0) is 30.2. The van der Waals surface area contributed by atoms with Crippen LogP contribution in [-0.2, 0) is 6.54 Å². The Morgan fingerprint density at radius 3 is 2.56 bits per heavy atom. The monoisotopic (exact) mass is 583 g/mol. The van der Waals surface area contributed by atoms with Gasteiger partial charge < -0.3 is 16.4 Å². The fourth-order valence-electron chi connectivity index (χ4n) is 6.65. The van der Waals surface area contributed by atoms with Gasteiger partial charge in [-0.05, 0) is 94.0 Å². The van der Waals surface area contributed by atoms with Gasteiger partial charge >= 0.3 is 0 Å². The van der Waals surface area contributed by atoms with Gasteiger partial charge in [-0.15, -0.1) is 0 Å². The summed E-state index contributed by atoms with van der Waals surface area (Å²) in [4.78, 5) is 5.01. The Morgan fingerprint density at radius 1 is 0.844 bits per heavy atom. The summed E-state index contributed by atoms with van der Waals surface area (Å²) >= 11 is 0. The van der Waals surface area contributed by atoms with Crippen molar-refractivity contribution in [2.75, 3.05) is 0 Å². The molecule has 2 aliphatic rings. The van der Waals surface area contributed by atoms with E-state index in [-0.39, 0.29) is 6.04 Å². The molecule has 0 amide bonds. The predicted octanol–water partition coefficient (Wildman–Crippen LogP) is 8.22. The van der Waals surface area contributed by atoms with Gasteiger partial charge in [0.15, 0.2) is 0 Å². The Hall–Kier alpha value is -5.81. The first kappa shape index (κ1) is 26.8.